The lowest BCUT2D eigenvalue weighted by Gasteiger charge is -2.24. The van der Waals surface area contributed by atoms with Gasteiger partial charge in [0, 0.05) is 11.4 Å². The predicted octanol–water partition coefficient (Wildman–Crippen LogP) is 3.44. The Morgan fingerprint density at radius 2 is 1.87 bits per heavy atom. The molecule has 0 aromatic heterocycles. The van der Waals surface area contributed by atoms with E-state index in [-0.39, 0.29) is 24.7 Å². The summed E-state index contributed by atoms with van der Waals surface area (Å²) in [6, 6.07) is 13.2. The van der Waals surface area contributed by atoms with Crippen molar-refractivity contribution in [3.8, 4) is 0 Å². The van der Waals surface area contributed by atoms with Crippen LogP contribution in [-0.2, 0) is 16.8 Å². The van der Waals surface area contributed by atoms with E-state index in [4.69, 9.17) is 11.6 Å². The summed E-state index contributed by atoms with van der Waals surface area (Å²) >= 11 is 5.82. The molecule has 1 atom stereocenters. The minimum atomic E-state index is -1.20. The van der Waals surface area contributed by atoms with Crippen LogP contribution in [0.5, 0.6) is 0 Å². The number of halogens is 2. The highest BCUT2D eigenvalue weighted by Crippen LogP contribution is 2.21. The molecule has 0 spiro atoms. The summed E-state index contributed by atoms with van der Waals surface area (Å²) in [6.07, 6.45) is 0.485. The van der Waals surface area contributed by atoms with Crippen LogP contribution in [0.1, 0.15) is 24.5 Å². The molecule has 2 aromatic rings. The summed E-state index contributed by atoms with van der Waals surface area (Å²) in [4.78, 5) is 11.9. The number of carbonyl (C=O) groups excluding carboxylic acids is 1. The van der Waals surface area contributed by atoms with Crippen LogP contribution in [0.25, 0.3) is 0 Å². The second-order valence-corrected chi connectivity index (χ2v) is 6.09. The Bertz CT molecular complexity index is 671. The third-order valence-corrected chi connectivity index (χ3v) is 3.93. The number of benzene rings is 2. The Labute approximate surface area is 140 Å². The molecule has 2 N–H and O–H groups in total. The highest BCUT2D eigenvalue weighted by molar-refractivity contribution is 6.30. The SMILES string of the molecule is CC(O)(CNC(=O)CCc1ccccc1F)c1ccc(Cl)cc1. The molecule has 3 nitrogen and oxygen atoms in total. The molecule has 0 fully saturated rings. The van der Waals surface area contributed by atoms with Crippen molar-refractivity contribution in [2.24, 2.45) is 0 Å². The summed E-state index contributed by atoms with van der Waals surface area (Å²) in [5, 5.41) is 13.7. The molecule has 0 bridgehead atoms. The molecule has 23 heavy (non-hydrogen) atoms. The molecular weight excluding hydrogens is 317 g/mol. The molecule has 2 rings (SSSR count). The number of nitrogens with one attached hydrogen (secondary N) is 1. The van der Waals surface area contributed by atoms with E-state index < -0.39 is 5.60 Å². The summed E-state index contributed by atoms with van der Waals surface area (Å²) in [7, 11) is 0. The maximum atomic E-state index is 13.5. The first-order chi connectivity index (χ1) is 10.9. The first-order valence-corrected chi connectivity index (χ1v) is 7.75. The quantitative estimate of drug-likeness (QED) is 0.849. The zero-order chi connectivity index (χ0) is 16.9. The van der Waals surface area contributed by atoms with Gasteiger partial charge in [-0.3, -0.25) is 4.79 Å². The van der Waals surface area contributed by atoms with Crippen LogP contribution < -0.4 is 5.32 Å². The van der Waals surface area contributed by atoms with E-state index in [2.05, 4.69) is 5.32 Å². The zero-order valence-electron chi connectivity index (χ0n) is 12.9. The predicted molar refractivity (Wildman–Crippen MR) is 88.8 cm³/mol. The van der Waals surface area contributed by atoms with Gasteiger partial charge >= 0.3 is 0 Å². The lowest BCUT2D eigenvalue weighted by atomic mass is 9.96. The molecule has 0 saturated heterocycles. The van der Waals surface area contributed by atoms with Crippen molar-refractivity contribution in [2.75, 3.05) is 6.54 Å². The summed E-state index contributed by atoms with van der Waals surface area (Å²) < 4.78 is 13.5. The average molecular weight is 336 g/mol. The fraction of sp³-hybridized carbons (Fsp3) is 0.278. The summed E-state index contributed by atoms with van der Waals surface area (Å²) in [5.74, 6) is -0.545. The van der Waals surface area contributed by atoms with E-state index in [9.17, 15) is 14.3 Å². The van der Waals surface area contributed by atoms with Gasteiger partial charge in [-0.05, 0) is 42.7 Å². The Morgan fingerprint density at radius 3 is 2.52 bits per heavy atom. The maximum absolute atomic E-state index is 13.5. The molecule has 0 heterocycles. The van der Waals surface area contributed by atoms with Gasteiger partial charge in [-0.15, -0.1) is 0 Å². The Kier molecular flexibility index (Phi) is 5.74. The minimum Gasteiger partial charge on any atom is -0.384 e. The molecule has 0 aliphatic heterocycles. The van der Waals surface area contributed by atoms with E-state index >= 15 is 0 Å². The van der Waals surface area contributed by atoms with Crippen LogP contribution in [0.15, 0.2) is 48.5 Å². The average Bonchev–Trinajstić information content (AvgIpc) is 2.53. The number of carbonyl (C=O) groups is 1. The monoisotopic (exact) mass is 335 g/mol. The molecular formula is C18H19ClFNO2. The van der Waals surface area contributed by atoms with Gasteiger partial charge in [-0.25, -0.2) is 4.39 Å². The standard InChI is InChI=1S/C18H19ClFNO2/c1-18(23,14-7-9-15(19)10-8-14)12-21-17(22)11-6-13-4-2-3-5-16(13)20/h2-5,7-10,23H,6,11-12H2,1H3,(H,21,22). The van der Waals surface area contributed by atoms with Gasteiger partial charge in [0.1, 0.15) is 11.4 Å². The number of rotatable bonds is 6. The van der Waals surface area contributed by atoms with Crippen LogP contribution in [0, 0.1) is 5.82 Å². The smallest absolute Gasteiger partial charge is 0.220 e. The van der Waals surface area contributed by atoms with Crippen molar-refractivity contribution in [3.05, 3.63) is 70.5 Å². The lowest BCUT2D eigenvalue weighted by Crippen LogP contribution is -2.38. The largest absolute Gasteiger partial charge is 0.384 e. The Morgan fingerprint density at radius 1 is 1.22 bits per heavy atom. The second-order valence-electron chi connectivity index (χ2n) is 5.65. The fourth-order valence-corrected chi connectivity index (χ4v) is 2.35. The Hall–Kier alpha value is -1.91. The van der Waals surface area contributed by atoms with Crippen LogP contribution in [-0.4, -0.2) is 17.6 Å². The normalized spacial score (nSPS) is 13.4. The van der Waals surface area contributed by atoms with Crippen molar-refractivity contribution in [3.63, 3.8) is 0 Å². The highest BCUT2D eigenvalue weighted by atomic mass is 35.5. The maximum Gasteiger partial charge on any atom is 0.220 e. The van der Waals surface area contributed by atoms with E-state index in [1.165, 1.54) is 6.07 Å². The number of hydrogen-bond donors (Lipinski definition) is 2. The van der Waals surface area contributed by atoms with Crippen LogP contribution in [0.3, 0.4) is 0 Å². The molecule has 5 heteroatoms. The van der Waals surface area contributed by atoms with Crippen molar-refractivity contribution >= 4 is 17.5 Å². The highest BCUT2D eigenvalue weighted by Gasteiger charge is 2.23. The van der Waals surface area contributed by atoms with Gasteiger partial charge in [0.2, 0.25) is 5.91 Å². The van der Waals surface area contributed by atoms with Gasteiger partial charge in [0.05, 0.1) is 6.54 Å². The van der Waals surface area contributed by atoms with Crippen molar-refractivity contribution in [1.82, 2.24) is 5.32 Å². The molecule has 0 aliphatic rings. The van der Waals surface area contributed by atoms with Gasteiger partial charge in [0.15, 0.2) is 0 Å². The molecule has 0 radical (unpaired) electrons. The number of aliphatic hydroxyl groups is 1. The van der Waals surface area contributed by atoms with Crippen molar-refractivity contribution in [2.45, 2.75) is 25.4 Å². The summed E-state index contributed by atoms with van der Waals surface area (Å²) in [6.45, 7) is 1.69. The molecule has 1 unspecified atom stereocenters. The van der Waals surface area contributed by atoms with Gasteiger partial charge in [-0.2, -0.15) is 0 Å². The molecule has 122 valence electrons. The van der Waals surface area contributed by atoms with E-state index in [0.717, 1.165) is 0 Å². The molecule has 0 saturated carbocycles. The first kappa shape index (κ1) is 17.4. The van der Waals surface area contributed by atoms with Crippen LogP contribution in [0.2, 0.25) is 5.02 Å². The Balaban J connectivity index is 1.86. The van der Waals surface area contributed by atoms with E-state index in [1.54, 1.807) is 49.4 Å². The third kappa shape index (κ3) is 5.05. The van der Waals surface area contributed by atoms with Gasteiger partial charge < -0.3 is 10.4 Å². The van der Waals surface area contributed by atoms with Crippen LogP contribution in [0.4, 0.5) is 4.39 Å². The number of hydrogen-bond acceptors (Lipinski definition) is 2. The van der Waals surface area contributed by atoms with Gasteiger partial charge in [0.25, 0.3) is 0 Å². The topological polar surface area (TPSA) is 49.3 Å². The second kappa shape index (κ2) is 7.57. The number of amides is 1. The van der Waals surface area contributed by atoms with E-state index in [1.807, 2.05) is 0 Å². The van der Waals surface area contributed by atoms with Crippen molar-refractivity contribution in [1.29, 1.82) is 0 Å². The van der Waals surface area contributed by atoms with Crippen LogP contribution >= 0.6 is 11.6 Å². The zero-order valence-corrected chi connectivity index (χ0v) is 13.6. The lowest BCUT2D eigenvalue weighted by molar-refractivity contribution is -0.122. The molecule has 2 aromatic carbocycles. The number of aryl methyl sites for hydroxylation is 1. The van der Waals surface area contributed by atoms with Gasteiger partial charge in [-0.1, -0.05) is 41.9 Å². The fourth-order valence-electron chi connectivity index (χ4n) is 2.22. The first-order valence-electron chi connectivity index (χ1n) is 7.37. The van der Waals surface area contributed by atoms with E-state index in [0.29, 0.717) is 22.6 Å². The minimum absolute atomic E-state index is 0.0741. The van der Waals surface area contributed by atoms with Crippen molar-refractivity contribution < 1.29 is 14.3 Å². The summed E-state index contributed by atoms with van der Waals surface area (Å²) in [5.41, 5.74) is -0.0264. The molecule has 0 aliphatic carbocycles. The molecule has 1 amide bonds. The third-order valence-electron chi connectivity index (χ3n) is 3.68.